The molecule has 0 heterocycles. The van der Waals surface area contributed by atoms with E-state index in [4.69, 9.17) is 6.42 Å². The summed E-state index contributed by atoms with van der Waals surface area (Å²) in [6.07, 6.45) is 18.5. The second kappa shape index (κ2) is 5.08. The molecule has 0 aromatic carbocycles. The van der Waals surface area contributed by atoms with Crippen molar-refractivity contribution in [1.82, 2.24) is 0 Å². The van der Waals surface area contributed by atoms with Crippen molar-refractivity contribution < 1.29 is 9.90 Å². The van der Waals surface area contributed by atoms with Crippen molar-refractivity contribution in [2.75, 3.05) is 0 Å². The van der Waals surface area contributed by atoms with Crippen LogP contribution < -0.4 is 0 Å². The smallest absolute Gasteiger partial charge is 0.178 e. The maximum Gasteiger partial charge on any atom is 0.178 e. The zero-order chi connectivity index (χ0) is 16.2. The second-order valence-corrected chi connectivity index (χ2v) is 8.38. The molecule has 2 heteroatoms. The molecular formula is C21H26O2. The number of aliphatic hydroxyl groups is 1. The number of rotatable bonds is 1. The van der Waals surface area contributed by atoms with E-state index in [1.807, 2.05) is 6.08 Å². The van der Waals surface area contributed by atoms with Gasteiger partial charge in [0.05, 0.1) is 6.10 Å². The van der Waals surface area contributed by atoms with E-state index < -0.39 is 0 Å². The Balaban J connectivity index is 1.74. The number of terminal acetylenes is 1. The molecule has 0 aliphatic heterocycles. The second-order valence-electron chi connectivity index (χ2n) is 8.38. The van der Waals surface area contributed by atoms with Gasteiger partial charge < -0.3 is 5.11 Å². The molecule has 0 bridgehead atoms. The fourth-order valence-electron chi connectivity index (χ4n) is 6.46. The van der Waals surface area contributed by atoms with Crippen molar-refractivity contribution >= 4 is 5.78 Å². The molecule has 0 aromatic rings. The fourth-order valence-corrected chi connectivity index (χ4v) is 6.46. The molecule has 122 valence electrons. The number of aliphatic hydroxyl groups excluding tert-OH is 1. The molecule has 0 saturated heterocycles. The van der Waals surface area contributed by atoms with Crippen LogP contribution in [0.15, 0.2) is 23.8 Å². The zero-order valence-corrected chi connectivity index (χ0v) is 13.9. The van der Waals surface area contributed by atoms with Gasteiger partial charge in [-0.1, -0.05) is 18.6 Å². The predicted molar refractivity (Wildman–Crippen MR) is 90.4 cm³/mol. The molecule has 1 N–H and O–H groups in total. The molecule has 3 saturated carbocycles. The van der Waals surface area contributed by atoms with Crippen LogP contribution >= 0.6 is 0 Å². The van der Waals surface area contributed by atoms with Crippen LogP contribution in [0, 0.1) is 40.9 Å². The highest BCUT2D eigenvalue weighted by Gasteiger charge is 2.59. The Morgan fingerprint density at radius 1 is 1.30 bits per heavy atom. The summed E-state index contributed by atoms with van der Waals surface area (Å²) in [6.45, 7) is 2.30. The summed E-state index contributed by atoms with van der Waals surface area (Å²) in [7, 11) is 0. The van der Waals surface area contributed by atoms with Crippen LogP contribution in [0.1, 0.15) is 51.9 Å². The summed E-state index contributed by atoms with van der Waals surface area (Å²) in [4.78, 5) is 11.9. The number of fused-ring (bicyclic) bond motifs is 5. The van der Waals surface area contributed by atoms with Crippen LogP contribution in [-0.2, 0) is 4.79 Å². The number of hydrogen-bond acceptors (Lipinski definition) is 2. The minimum Gasteiger partial charge on any atom is -0.393 e. The van der Waals surface area contributed by atoms with Crippen molar-refractivity contribution in [3.05, 3.63) is 23.8 Å². The molecule has 4 rings (SSSR count). The van der Waals surface area contributed by atoms with Crippen molar-refractivity contribution in [1.29, 1.82) is 0 Å². The number of carbonyl (C=O) groups is 1. The Morgan fingerprint density at radius 2 is 2.13 bits per heavy atom. The summed E-state index contributed by atoms with van der Waals surface area (Å²) in [6, 6.07) is 0. The monoisotopic (exact) mass is 310 g/mol. The maximum absolute atomic E-state index is 11.9. The third-order valence-electron chi connectivity index (χ3n) is 7.65. The van der Waals surface area contributed by atoms with Gasteiger partial charge in [-0.05, 0) is 73.8 Å². The Labute approximate surface area is 139 Å². The Morgan fingerprint density at radius 3 is 2.91 bits per heavy atom. The molecule has 6 atom stereocenters. The van der Waals surface area contributed by atoms with E-state index in [1.54, 1.807) is 6.08 Å². The first-order valence-electron chi connectivity index (χ1n) is 9.07. The first kappa shape index (κ1) is 15.2. The molecule has 1 unspecified atom stereocenters. The Bertz CT molecular complexity index is 637. The van der Waals surface area contributed by atoms with Crippen LogP contribution in [0.25, 0.3) is 0 Å². The van der Waals surface area contributed by atoms with Crippen LogP contribution in [0.3, 0.4) is 0 Å². The van der Waals surface area contributed by atoms with Crippen molar-refractivity contribution in [3.8, 4) is 12.3 Å². The first-order valence-corrected chi connectivity index (χ1v) is 9.07. The highest BCUT2D eigenvalue weighted by Crippen LogP contribution is 2.65. The SMILES string of the molecule is C#CCC12C=CC(=O)C=C1CC[C@@H]1[C@@H]2CC[C@]2(C)[C@@H](O)CC[C@@H]12. The maximum atomic E-state index is 11.9. The van der Waals surface area contributed by atoms with E-state index in [0.29, 0.717) is 24.2 Å². The molecule has 0 aromatic heterocycles. The van der Waals surface area contributed by atoms with Gasteiger partial charge in [0.25, 0.3) is 0 Å². The van der Waals surface area contributed by atoms with E-state index in [1.165, 1.54) is 5.57 Å². The lowest BCUT2D eigenvalue weighted by Crippen LogP contribution is -2.51. The molecule has 4 aliphatic rings. The lowest BCUT2D eigenvalue weighted by atomic mass is 9.47. The molecule has 23 heavy (non-hydrogen) atoms. The van der Waals surface area contributed by atoms with E-state index in [2.05, 4.69) is 18.9 Å². The van der Waals surface area contributed by atoms with Gasteiger partial charge in [-0.2, -0.15) is 0 Å². The molecule has 0 amide bonds. The normalized spacial score (nSPS) is 48.0. The Kier molecular flexibility index (Phi) is 3.36. The average Bonchev–Trinajstić information content (AvgIpc) is 2.84. The molecule has 0 spiro atoms. The van der Waals surface area contributed by atoms with Gasteiger partial charge in [0.1, 0.15) is 0 Å². The van der Waals surface area contributed by atoms with Gasteiger partial charge in [0.2, 0.25) is 0 Å². The minimum absolute atomic E-state index is 0.0912. The lowest BCUT2D eigenvalue weighted by Gasteiger charge is -2.57. The standard InChI is InChI=1S/C21H26O2/c1-3-10-21-12-8-15(22)13-14(21)4-5-16-17-6-7-19(23)20(17,2)11-9-18(16)21/h1,8,12-13,16-19,23H,4-7,9-11H2,2H3/t16-,17-,18-,19-,20-,21?/m0/s1. The number of ketones is 1. The number of hydrogen-bond donors (Lipinski definition) is 1. The third-order valence-corrected chi connectivity index (χ3v) is 7.65. The number of carbonyl (C=O) groups excluding carboxylic acids is 1. The van der Waals surface area contributed by atoms with Crippen molar-refractivity contribution in [2.45, 2.75) is 58.0 Å². The van der Waals surface area contributed by atoms with E-state index >= 15 is 0 Å². The number of allylic oxidation sites excluding steroid dienone is 4. The summed E-state index contributed by atoms with van der Waals surface area (Å²) in [5.41, 5.74) is 1.26. The molecule has 2 nitrogen and oxygen atoms in total. The lowest BCUT2D eigenvalue weighted by molar-refractivity contribution is -0.111. The van der Waals surface area contributed by atoms with Crippen LogP contribution in [0.5, 0.6) is 0 Å². The van der Waals surface area contributed by atoms with Crippen molar-refractivity contribution in [2.24, 2.45) is 28.6 Å². The van der Waals surface area contributed by atoms with E-state index in [0.717, 1.165) is 38.5 Å². The van der Waals surface area contributed by atoms with E-state index in [9.17, 15) is 9.90 Å². The van der Waals surface area contributed by atoms with Gasteiger partial charge in [0.15, 0.2) is 5.78 Å². The average molecular weight is 310 g/mol. The third kappa shape index (κ3) is 1.96. The fraction of sp³-hybridized carbons (Fsp3) is 0.667. The molecule has 0 radical (unpaired) electrons. The van der Waals surface area contributed by atoms with Crippen molar-refractivity contribution in [3.63, 3.8) is 0 Å². The quantitative estimate of drug-likeness (QED) is 0.751. The first-order chi connectivity index (χ1) is 11.0. The summed E-state index contributed by atoms with van der Waals surface area (Å²) >= 11 is 0. The topological polar surface area (TPSA) is 37.3 Å². The molecule has 4 aliphatic carbocycles. The zero-order valence-electron chi connectivity index (χ0n) is 13.9. The highest BCUT2D eigenvalue weighted by atomic mass is 16.3. The largest absolute Gasteiger partial charge is 0.393 e. The van der Waals surface area contributed by atoms with E-state index in [-0.39, 0.29) is 22.7 Å². The van der Waals surface area contributed by atoms with Gasteiger partial charge in [0, 0.05) is 11.8 Å². The Hall–Kier alpha value is -1.33. The van der Waals surface area contributed by atoms with Gasteiger partial charge in [-0.3, -0.25) is 4.79 Å². The minimum atomic E-state index is -0.141. The summed E-state index contributed by atoms with van der Waals surface area (Å²) < 4.78 is 0. The highest BCUT2D eigenvalue weighted by molar-refractivity contribution is 6.01. The summed E-state index contributed by atoms with van der Waals surface area (Å²) in [5.74, 6) is 4.79. The summed E-state index contributed by atoms with van der Waals surface area (Å²) in [5, 5.41) is 10.5. The molecule has 3 fully saturated rings. The molecular weight excluding hydrogens is 284 g/mol. The van der Waals surface area contributed by atoms with Crippen LogP contribution in [0.4, 0.5) is 0 Å². The van der Waals surface area contributed by atoms with Gasteiger partial charge >= 0.3 is 0 Å². The van der Waals surface area contributed by atoms with Gasteiger partial charge in [-0.25, -0.2) is 0 Å². The van der Waals surface area contributed by atoms with Crippen LogP contribution in [0.2, 0.25) is 0 Å². The predicted octanol–water partition coefficient (Wildman–Crippen LogP) is 3.66. The van der Waals surface area contributed by atoms with Gasteiger partial charge in [-0.15, -0.1) is 12.3 Å². The van der Waals surface area contributed by atoms with Crippen LogP contribution in [-0.4, -0.2) is 17.0 Å².